The topological polar surface area (TPSA) is 41.1 Å². The average molecular weight is 307 g/mol. The van der Waals surface area contributed by atoms with Gasteiger partial charge >= 0.3 is 6.03 Å². The van der Waals surface area contributed by atoms with Crippen LogP contribution in [0.4, 0.5) is 14.9 Å². The fourth-order valence-electron chi connectivity index (χ4n) is 2.01. The summed E-state index contributed by atoms with van der Waals surface area (Å²) in [4.78, 5) is 12.0. The lowest BCUT2D eigenvalue weighted by Gasteiger charge is -2.18. The Bertz CT molecular complexity index is 616. The van der Waals surface area contributed by atoms with Crippen LogP contribution in [0.5, 0.6) is 0 Å². The zero-order chi connectivity index (χ0) is 15.2. The van der Waals surface area contributed by atoms with Gasteiger partial charge in [-0.25, -0.2) is 9.18 Å². The van der Waals surface area contributed by atoms with Crippen LogP contribution in [-0.4, -0.2) is 6.03 Å². The molecule has 0 spiro atoms. The fraction of sp³-hybridized carbons (Fsp3) is 0.188. The molecular weight excluding hydrogens is 291 g/mol. The number of benzene rings is 2. The molecule has 1 atom stereocenters. The van der Waals surface area contributed by atoms with E-state index >= 15 is 0 Å². The summed E-state index contributed by atoms with van der Waals surface area (Å²) in [7, 11) is 0. The molecule has 3 nitrogen and oxygen atoms in total. The third-order valence-corrected chi connectivity index (χ3v) is 3.32. The maximum Gasteiger partial charge on any atom is 0.319 e. The molecule has 0 bridgehead atoms. The van der Waals surface area contributed by atoms with Gasteiger partial charge in [-0.15, -0.1) is 0 Å². The predicted molar refractivity (Wildman–Crippen MR) is 83.0 cm³/mol. The van der Waals surface area contributed by atoms with Crippen LogP contribution in [0.25, 0.3) is 0 Å². The van der Waals surface area contributed by atoms with Gasteiger partial charge < -0.3 is 10.6 Å². The Kier molecular flexibility index (Phi) is 5.17. The second kappa shape index (κ2) is 7.09. The largest absolute Gasteiger partial charge is 0.331 e. The van der Waals surface area contributed by atoms with Crippen molar-refractivity contribution in [3.05, 3.63) is 64.9 Å². The first-order chi connectivity index (χ1) is 10.1. The first-order valence-electron chi connectivity index (χ1n) is 6.67. The number of hydrogen-bond acceptors (Lipinski definition) is 1. The van der Waals surface area contributed by atoms with E-state index in [0.29, 0.717) is 10.7 Å². The third-order valence-electron chi connectivity index (χ3n) is 3.07. The van der Waals surface area contributed by atoms with Crippen molar-refractivity contribution in [2.75, 3.05) is 5.32 Å². The van der Waals surface area contributed by atoms with Crippen LogP contribution < -0.4 is 10.6 Å². The van der Waals surface area contributed by atoms with Crippen LogP contribution in [0.2, 0.25) is 5.02 Å². The van der Waals surface area contributed by atoms with Crippen LogP contribution >= 0.6 is 11.6 Å². The highest BCUT2D eigenvalue weighted by molar-refractivity contribution is 6.30. The zero-order valence-electron chi connectivity index (χ0n) is 11.6. The molecule has 0 saturated heterocycles. The fourth-order valence-corrected chi connectivity index (χ4v) is 2.13. The predicted octanol–water partition coefficient (Wildman–Crippen LogP) is 4.75. The van der Waals surface area contributed by atoms with E-state index in [2.05, 4.69) is 10.6 Å². The lowest BCUT2D eigenvalue weighted by molar-refractivity contribution is 0.248. The van der Waals surface area contributed by atoms with Gasteiger partial charge in [0.25, 0.3) is 0 Å². The van der Waals surface area contributed by atoms with E-state index in [0.717, 1.165) is 12.0 Å². The molecule has 0 aliphatic carbocycles. The van der Waals surface area contributed by atoms with Gasteiger partial charge in [-0.05, 0) is 42.3 Å². The molecular formula is C16H16ClFN2O. The molecule has 2 rings (SSSR count). The number of urea groups is 1. The molecule has 2 amide bonds. The van der Waals surface area contributed by atoms with Gasteiger partial charge in [-0.1, -0.05) is 36.7 Å². The molecule has 0 aromatic heterocycles. The highest BCUT2D eigenvalue weighted by atomic mass is 35.5. The quantitative estimate of drug-likeness (QED) is 0.840. The number of hydrogen-bond donors (Lipinski definition) is 2. The van der Waals surface area contributed by atoms with Crippen LogP contribution in [0.1, 0.15) is 24.9 Å². The molecule has 0 fully saturated rings. The zero-order valence-corrected chi connectivity index (χ0v) is 12.3. The molecule has 0 aliphatic rings. The van der Waals surface area contributed by atoms with Crippen molar-refractivity contribution in [1.82, 2.24) is 5.32 Å². The Morgan fingerprint density at radius 2 is 1.95 bits per heavy atom. The van der Waals surface area contributed by atoms with Crippen molar-refractivity contribution >= 4 is 23.3 Å². The Hall–Kier alpha value is -2.07. The average Bonchev–Trinajstić information content (AvgIpc) is 2.46. The number of halogens is 2. The molecule has 5 heteroatoms. The second-order valence-electron chi connectivity index (χ2n) is 4.62. The van der Waals surface area contributed by atoms with Gasteiger partial charge in [0, 0.05) is 10.7 Å². The molecule has 0 heterocycles. The number of anilines is 1. The molecule has 0 radical (unpaired) electrons. The molecule has 2 N–H and O–H groups in total. The Morgan fingerprint density at radius 1 is 1.24 bits per heavy atom. The molecule has 110 valence electrons. The Labute approximate surface area is 128 Å². The summed E-state index contributed by atoms with van der Waals surface area (Å²) < 4.78 is 13.1. The van der Waals surface area contributed by atoms with Crippen molar-refractivity contribution in [2.45, 2.75) is 19.4 Å². The SMILES string of the molecule is CC[C@@H](NC(=O)Nc1cccc(F)c1)c1ccc(Cl)cc1. The molecule has 2 aromatic carbocycles. The molecule has 0 saturated carbocycles. The van der Waals surface area contributed by atoms with Gasteiger partial charge in [0.05, 0.1) is 6.04 Å². The summed E-state index contributed by atoms with van der Waals surface area (Å²) in [5, 5.41) is 6.12. The number of amides is 2. The second-order valence-corrected chi connectivity index (χ2v) is 5.06. The molecule has 0 unspecified atom stereocenters. The smallest absolute Gasteiger partial charge is 0.319 e. The van der Waals surface area contributed by atoms with Crippen molar-refractivity contribution in [2.24, 2.45) is 0 Å². The summed E-state index contributed by atoms with van der Waals surface area (Å²) in [5.74, 6) is -0.391. The monoisotopic (exact) mass is 306 g/mol. The summed E-state index contributed by atoms with van der Waals surface area (Å²) in [6.45, 7) is 1.97. The van der Waals surface area contributed by atoms with E-state index in [1.54, 1.807) is 24.3 Å². The molecule has 2 aromatic rings. The van der Waals surface area contributed by atoms with E-state index in [9.17, 15) is 9.18 Å². The van der Waals surface area contributed by atoms with E-state index in [-0.39, 0.29) is 12.1 Å². The van der Waals surface area contributed by atoms with E-state index < -0.39 is 5.82 Å². The summed E-state index contributed by atoms with van der Waals surface area (Å²) in [6.07, 6.45) is 0.734. The van der Waals surface area contributed by atoms with Gasteiger partial charge in [0.1, 0.15) is 5.82 Å². The van der Waals surface area contributed by atoms with E-state index in [1.165, 1.54) is 12.1 Å². The number of carbonyl (C=O) groups is 1. The summed E-state index contributed by atoms with van der Waals surface area (Å²) in [5.41, 5.74) is 1.38. The standard InChI is InChI=1S/C16H16ClFN2O/c1-2-15(11-6-8-12(17)9-7-11)20-16(21)19-14-5-3-4-13(18)10-14/h3-10,15H,2H2,1H3,(H2,19,20,21)/t15-/m1/s1. The van der Waals surface area contributed by atoms with Crippen LogP contribution in [0, 0.1) is 5.82 Å². The van der Waals surface area contributed by atoms with Gasteiger partial charge in [0.2, 0.25) is 0 Å². The first-order valence-corrected chi connectivity index (χ1v) is 7.05. The van der Waals surface area contributed by atoms with Crippen LogP contribution in [0.3, 0.4) is 0 Å². The van der Waals surface area contributed by atoms with E-state index in [4.69, 9.17) is 11.6 Å². The maximum absolute atomic E-state index is 13.1. The summed E-state index contributed by atoms with van der Waals surface area (Å²) >= 11 is 5.85. The minimum Gasteiger partial charge on any atom is -0.331 e. The lowest BCUT2D eigenvalue weighted by atomic mass is 10.1. The normalized spacial score (nSPS) is 11.8. The molecule has 21 heavy (non-hydrogen) atoms. The van der Waals surface area contributed by atoms with Crippen molar-refractivity contribution < 1.29 is 9.18 Å². The van der Waals surface area contributed by atoms with Gasteiger partial charge in [-0.3, -0.25) is 0 Å². The Morgan fingerprint density at radius 3 is 2.57 bits per heavy atom. The number of carbonyl (C=O) groups excluding carboxylic acids is 1. The summed E-state index contributed by atoms with van der Waals surface area (Å²) in [6, 6.07) is 12.6. The van der Waals surface area contributed by atoms with Crippen LogP contribution in [0.15, 0.2) is 48.5 Å². The lowest BCUT2D eigenvalue weighted by Crippen LogP contribution is -2.32. The van der Waals surface area contributed by atoms with Crippen molar-refractivity contribution in [3.63, 3.8) is 0 Å². The van der Waals surface area contributed by atoms with Crippen molar-refractivity contribution in [1.29, 1.82) is 0 Å². The number of rotatable bonds is 4. The minimum atomic E-state index is -0.391. The number of nitrogens with one attached hydrogen (secondary N) is 2. The minimum absolute atomic E-state index is 0.129. The Balaban J connectivity index is 2.01. The maximum atomic E-state index is 13.1. The third kappa shape index (κ3) is 4.46. The molecule has 0 aliphatic heterocycles. The van der Waals surface area contributed by atoms with Gasteiger partial charge in [-0.2, -0.15) is 0 Å². The van der Waals surface area contributed by atoms with Crippen LogP contribution in [-0.2, 0) is 0 Å². The van der Waals surface area contributed by atoms with Crippen molar-refractivity contribution in [3.8, 4) is 0 Å². The van der Waals surface area contributed by atoms with Gasteiger partial charge in [0.15, 0.2) is 0 Å². The first kappa shape index (κ1) is 15.3. The van der Waals surface area contributed by atoms with E-state index in [1.807, 2.05) is 19.1 Å². The highest BCUT2D eigenvalue weighted by Crippen LogP contribution is 2.19. The highest BCUT2D eigenvalue weighted by Gasteiger charge is 2.12.